The lowest BCUT2D eigenvalue weighted by Crippen LogP contribution is -2.44. The van der Waals surface area contributed by atoms with Crippen molar-refractivity contribution in [3.05, 3.63) is 48.0 Å². The van der Waals surface area contributed by atoms with Crippen molar-refractivity contribution in [1.82, 2.24) is 15.5 Å². The van der Waals surface area contributed by atoms with Crippen LogP contribution in [-0.4, -0.2) is 35.3 Å². The van der Waals surface area contributed by atoms with Crippen LogP contribution >= 0.6 is 0 Å². The van der Waals surface area contributed by atoms with Gasteiger partial charge in [0.25, 0.3) is 5.91 Å². The maximum atomic E-state index is 13.0. The molecule has 0 aromatic heterocycles. The second-order valence-electron chi connectivity index (χ2n) is 6.85. The molecular weight excluding hydrogens is 330 g/mol. The molecule has 0 bridgehead atoms. The number of rotatable bonds is 5. The normalized spacial score (nSPS) is 21.0. The Morgan fingerprint density at radius 3 is 2.62 bits per heavy atom. The van der Waals surface area contributed by atoms with Gasteiger partial charge in [-0.15, -0.1) is 0 Å². The summed E-state index contributed by atoms with van der Waals surface area (Å²) >= 11 is 0. The van der Waals surface area contributed by atoms with E-state index in [0.29, 0.717) is 0 Å². The Balaban J connectivity index is 1.91. The second kappa shape index (κ2) is 6.78. The Labute approximate surface area is 152 Å². The molecule has 26 heavy (non-hydrogen) atoms. The van der Waals surface area contributed by atoms with Gasteiger partial charge in [-0.25, -0.2) is 4.79 Å². The lowest BCUT2D eigenvalue weighted by Gasteiger charge is -2.24. The van der Waals surface area contributed by atoms with Crippen LogP contribution in [0.1, 0.15) is 32.8 Å². The molecule has 3 rings (SSSR count). The van der Waals surface area contributed by atoms with E-state index in [0.717, 1.165) is 27.7 Å². The van der Waals surface area contributed by atoms with Gasteiger partial charge in [0.1, 0.15) is 12.1 Å². The number of amides is 4. The molecule has 1 heterocycles. The van der Waals surface area contributed by atoms with Gasteiger partial charge in [-0.05, 0) is 36.6 Å². The van der Waals surface area contributed by atoms with Gasteiger partial charge in [-0.2, -0.15) is 0 Å². The number of hydrogen-bond acceptors (Lipinski definition) is 3. The van der Waals surface area contributed by atoms with Crippen molar-refractivity contribution in [3.8, 4) is 0 Å². The predicted molar refractivity (Wildman–Crippen MR) is 99.4 cm³/mol. The number of nitrogens with zero attached hydrogens (tertiary/aromatic N) is 1. The third-order valence-electron chi connectivity index (χ3n) is 4.92. The van der Waals surface area contributed by atoms with Crippen molar-refractivity contribution in [2.45, 2.75) is 38.8 Å². The number of imide groups is 1. The Morgan fingerprint density at radius 2 is 1.88 bits per heavy atom. The molecule has 4 amide bonds. The average Bonchev–Trinajstić information content (AvgIpc) is 2.85. The Morgan fingerprint density at radius 1 is 1.19 bits per heavy atom. The zero-order chi connectivity index (χ0) is 18.9. The van der Waals surface area contributed by atoms with Crippen LogP contribution in [0.3, 0.4) is 0 Å². The van der Waals surface area contributed by atoms with Crippen LogP contribution in [0.15, 0.2) is 42.5 Å². The van der Waals surface area contributed by atoms with Crippen molar-refractivity contribution in [2.75, 3.05) is 6.54 Å². The molecule has 1 aliphatic rings. The molecule has 1 fully saturated rings. The van der Waals surface area contributed by atoms with Gasteiger partial charge in [0, 0.05) is 6.04 Å². The zero-order valence-corrected chi connectivity index (χ0v) is 15.2. The first kappa shape index (κ1) is 17.9. The van der Waals surface area contributed by atoms with E-state index >= 15 is 0 Å². The van der Waals surface area contributed by atoms with E-state index < -0.39 is 17.5 Å². The minimum Gasteiger partial charge on any atom is -0.352 e. The van der Waals surface area contributed by atoms with Crippen LogP contribution in [-0.2, 0) is 15.1 Å². The smallest absolute Gasteiger partial charge is 0.325 e. The highest BCUT2D eigenvalue weighted by molar-refractivity contribution is 6.10. The van der Waals surface area contributed by atoms with E-state index in [9.17, 15) is 14.4 Å². The van der Waals surface area contributed by atoms with E-state index in [2.05, 4.69) is 10.6 Å². The van der Waals surface area contributed by atoms with Crippen LogP contribution in [0.25, 0.3) is 10.8 Å². The molecule has 6 nitrogen and oxygen atoms in total. The van der Waals surface area contributed by atoms with Crippen molar-refractivity contribution in [2.24, 2.45) is 0 Å². The summed E-state index contributed by atoms with van der Waals surface area (Å²) in [5, 5.41) is 7.44. The largest absolute Gasteiger partial charge is 0.352 e. The maximum absolute atomic E-state index is 13.0. The minimum absolute atomic E-state index is 0.00674. The van der Waals surface area contributed by atoms with Crippen LogP contribution in [0, 0.1) is 0 Å². The zero-order valence-electron chi connectivity index (χ0n) is 15.2. The Hall–Kier alpha value is -2.89. The number of fused-ring (bicyclic) bond motifs is 1. The highest BCUT2D eigenvalue weighted by atomic mass is 16.2. The van der Waals surface area contributed by atoms with Gasteiger partial charge in [0.05, 0.1) is 0 Å². The number of benzene rings is 2. The summed E-state index contributed by atoms with van der Waals surface area (Å²) in [4.78, 5) is 38.6. The number of urea groups is 1. The van der Waals surface area contributed by atoms with Gasteiger partial charge >= 0.3 is 6.03 Å². The van der Waals surface area contributed by atoms with Crippen LogP contribution in [0.5, 0.6) is 0 Å². The Kier molecular flexibility index (Phi) is 4.68. The fourth-order valence-electron chi connectivity index (χ4n) is 3.25. The fourth-order valence-corrected chi connectivity index (χ4v) is 3.25. The first-order chi connectivity index (χ1) is 12.4. The lowest BCUT2D eigenvalue weighted by molar-refractivity contribution is -0.135. The van der Waals surface area contributed by atoms with Crippen molar-refractivity contribution >= 4 is 28.6 Å². The molecule has 0 unspecified atom stereocenters. The molecule has 0 saturated carbocycles. The molecule has 136 valence electrons. The van der Waals surface area contributed by atoms with Crippen LogP contribution < -0.4 is 10.6 Å². The molecule has 2 aromatic rings. The fraction of sp³-hybridized carbons (Fsp3) is 0.350. The van der Waals surface area contributed by atoms with E-state index in [1.54, 1.807) is 6.92 Å². The molecule has 1 aliphatic heterocycles. The van der Waals surface area contributed by atoms with E-state index in [4.69, 9.17) is 0 Å². The standard InChI is InChI=1S/C20H23N3O3/c1-4-13(2)21-17(24)12-23-18(25)20(3,22-19(23)26)16-11-7-9-14-8-5-6-10-15(14)16/h5-11,13H,4,12H2,1-3H3,(H,21,24)(H,22,26)/t13-,20-/m1/s1. The summed E-state index contributed by atoms with van der Waals surface area (Å²) < 4.78 is 0. The summed E-state index contributed by atoms with van der Waals surface area (Å²) in [6, 6.07) is 12.8. The molecule has 2 atom stereocenters. The van der Waals surface area contributed by atoms with Crippen molar-refractivity contribution in [3.63, 3.8) is 0 Å². The van der Waals surface area contributed by atoms with Crippen molar-refractivity contribution < 1.29 is 14.4 Å². The third-order valence-corrected chi connectivity index (χ3v) is 4.92. The highest BCUT2D eigenvalue weighted by Gasteiger charge is 2.50. The van der Waals surface area contributed by atoms with E-state index in [1.807, 2.05) is 56.3 Å². The topological polar surface area (TPSA) is 78.5 Å². The molecule has 0 radical (unpaired) electrons. The third kappa shape index (κ3) is 3.03. The van der Waals surface area contributed by atoms with Gasteiger partial charge in [-0.3, -0.25) is 14.5 Å². The minimum atomic E-state index is -1.20. The molecule has 1 saturated heterocycles. The summed E-state index contributed by atoms with van der Waals surface area (Å²) in [5.74, 6) is -0.761. The lowest BCUT2D eigenvalue weighted by atomic mass is 9.88. The highest BCUT2D eigenvalue weighted by Crippen LogP contribution is 2.33. The number of carbonyl (C=O) groups is 3. The Bertz CT molecular complexity index is 874. The average molecular weight is 353 g/mol. The molecule has 2 N–H and O–H groups in total. The molecule has 0 spiro atoms. The van der Waals surface area contributed by atoms with Crippen molar-refractivity contribution in [1.29, 1.82) is 0 Å². The molecule has 2 aromatic carbocycles. The molecule has 0 aliphatic carbocycles. The monoisotopic (exact) mass is 353 g/mol. The predicted octanol–water partition coefficient (Wildman–Crippen LogP) is 2.52. The summed E-state index contributed by atoms with van der Waals surface area (Å²) in [7, 11) is 0. The number of hydrogen-bond donors (Lipinski definition) is 2. The van der Waals surface area contributed by atoms with Gasteiger partial charge in [0.15, 0.2) is 0 Å². The maximum Gasteiger partial charge on any atom is 0.325 e. The summed E-state index contributed by atoms with van der Waals surface area (Å²) in [6.45, 7) is 5.23. The van der Waals surface area contributed by atoms with E-state index in [1.165, 1.54) is 0 Å². The molecule has 6 heteroatoms. The first-order valence-corrected chi connectivity index (χ1v) is 8.78. The summed E-state index contributed by atoms with van der Waals surface area (Å²) in [6.07, 6.45) is 0.777. The van der Waals surface area contributed by atoms with Crippen LogP contribution in [0.4, 0.5) is 4.79 Å². The second-order valence-corrected chi connectivity index (χ2v) is 6.85. The quantitative estimate of drug-likeness (QED) is 0.811. The summed E-state index contributed by atoms with van der Waals surface area (Å²) in [5.41, 5.74) is -0.479. The molecular formula is C20H23N3O3. The SMILES string of the molecule is CC[C@@H](C)NC(=O)CN1C(=O)N[C@](C)(c2cccc3ccccc23)C1=O. The van der Waals surface area contributed by atoms with Gasteiger partial charge in [-0.1, -0.05) is 49.4 Å². The number of carbonyl (C=O) groups excluding carboxylic acids is 3. The van der Waals surface area contributed by atoms with E-state index in [-0.39, 0.29) is 18.5 Å². The number of nitrogens with one attached hydrogen (secondary N) is 2. The first-order valence-electron chi connectivity index (χ1n) is 8.78. The van der Waals surface area contributed by atoms with Crippen LogP contribution in [0.2, 0.25) is 0 Å². The van der Waals surface area contributed by atoms with Gasteiger partial charge < -0.3 is 10.6 Å². The van der Waals surface area contributed by atoms with Gasteiger partial charge in [0.2, 0.25) is 5.91 Å².